The van der Waals surface area contributed by atoms with E-state index in [2.05, 4.69) is 40.2 Å². The second-order valence-corrected chi connectivity index (χ2v) is 4.42. The lowest BCUT2D eigenvalue weighted by atomic mass is 10.2. The van der Waals surface area contributed by atoms with Crippen LogP contribution >= 0.6 is 0 Å². The summed E-state index contributed by atoms with van der Waals surface area (Å²) < 4.78 is 1.08. The third-order valence-electron chi connectivity index (χ3n) is 1.82. The maximum atomic E-state index is 2.32. The molecule has 0 amide bonds. The zero-order chi connectivity index (χ0) is 9.45. The molecule has 0 rings (SSSR count). The van der Waals surface area contributed by atoms with Crippen LogP contribution in [0.15, 0.2) is 12.2 Å². The predicted octanol–water partition coefficient (Wildman–Crippen LogP) is 2.83. The first-order valence-corrected chi connectivity index (χ1v) is 5.01. The summed E-state index contributed by atoms with van der Waals surface area (Å²) in [5, 5.41) is 0. The summed E-state index contributed by atoms with van der Waals surface area (Å²) in [6.45, 7) is 3.49. The van der Waals surface area contributed by atoms with Gasteiger partial charge in [0.2, 0.25) is 0 Å². The predicted molar refractivity (Wildman–Crippen MR) is 56.2 cm³/mol. The molecule has 0 saturated carbocycles. The van der Waals surface area contributed by atoms with Gasteiger partial charge >= 0.3 is 0 Å². The molecule has 0 fully saturated rings. The highest BCUT2D eigenvalue weighted by Crippen LogP contribution is 1.99. The molecule has 0 saturated heterocycles. The third kappa shape index (κ3) is 9.70. The summed E-state index contributed by atoms with van der Waals surface area (Å²) in [5.74, 6) is 0. The molecule has 0 aromatic heterocycles. The van der Waals surface area contributed by atoms with E-state index < -0.39 is 0 Å². The molecule has 12 heavy (non-hydrogen) atoms. The summed E-state index contributed by atoms with van der Waals surface area (Å²) in [4.78, 5) is 0. The van der Waals surface area contributed by atoms with E-state index in [9.17, 15) is 0 Å². The maximum Gasteiger partial charge on any atom is 0.0783 e. The van der Waals surface area contributed by atoms with Crippen LogP contribution in [0, 0.1) is 0 Å². The molecule has 72 valence electrons. The average Bonchev–Trinajstić information content (AvgIpc) is 1.94. The van der Waals surface area contributed by atoms with Crippen LogP contribution in [0.2, 0.25) is 0 Å². The van der Waals surface area contributed by atoms with E-state index in [0.717, 1.165) is 4.48 Å². The Morgan fingerprint density at radius 2 is 1.58 bits per heavy atom. The zero-order valence-electron chi connectivity index (χ0n) is 9.14. The molecule has 0 bridgehead atoms. The Morgan fingerprint density at radius 3 is 2.08 bits per heavy atom. The molecule has 0 heterocycles. The van der Waals surface area contributed by atoms with Gasteiger partial charge in [-0.25, -0.2) is 0 Å². The smallest absolute Gasteiger partial charge is 0.0783 e. The molecule has 0 spiro atoms. The van der Waals surface area contributed by atoms with E-state index in [1.165, 1.54) is 32.2 Å². The minimum absolute atomic E-state index is 1.08. The van der Waals surface area contributed by atoms with Gasteiger partial charge in [-0.15, -0.1) is 0 Å². The van der Waals surface area contributed by atoms with Gasteiger partial charge in [0, 0.05) is 0 Å². The van der Waals surface area contributed by atoms with E-state index in [4.69, 9.17) is 0 Å². The Hall–Kier alpha value is -0.300. The lowest BCUT2D eigenvalue weighted by Crippen LogP contribution is -2.35. The molecule has 0 atom stereocenters. The fourth-order valence-electron chi connectivity index (χ4n) is 1.09. The van der Waals surface area contributed by atoms with E-state index in [0.29, 0.717) is 0 Å². The molecule has 0 aliphatic heterocycles. The normalized spacial score (nSPS) is 12.7. The first kappa shape index (κ1) is 11.7. The molecule has 0 aliphatic rings. The topological polar surface area (TPSA) is 0 Å². The second-order valence-electron chi connectivity index (χ2n) is 4.42. The van der Waals surface area contributed by atoms with Crippen molar-refractivity contribution >= 4 is 0 Å². The van der Waals surface area contributed by atoms with E-state index in [1.54, 1.807) is 0 Å². The molecule has 1 heteroatoms. The molecule has 0 aliphatic carbocycles. The summed E-state index contributed by atoms with van der Waals surface area (Å²) in [6.07, 6.45) is 9.68. The van der Waals surface area contributed by atoms with Gasteiger partial charge in [-0.3, -0.25) is 0 Å². The quantitative estimate of drug-likeness (QED) is 0.327. The number of quaternary nitrogens is 1. The van der Waals surface area contributed by atoms with Crippen LogP contribution in [0.5, 0.6) is 0 Å². The fourth-order valence-corrected chi connectivity index (χ4v) is 1.09. The van der Waals surface area contributed by atoms with Gasteiger partial charge < -0.3 is 4.48 Å². The van der Waals surface area contributed by atoms with Gasteiger partial charge in [0.25, 0.3) is 0 Å². The van der Waals surface area contributed by atoms with Crippen LogP contribution in [0.4, 0.5) is 0 Å². The highest BCUT2D eigenvalue weighted by Gasteiger charge is 2.03. The van der Waals surface area contributed by atoms with Crippen molar-refractivity contribution in [1.29, 1.82) is 0 Å². The van der Waals surface area contributed by atoms with Crippen LogP contribution in [-0.4, -0.2) is 32.2 Å². The van der Waals surface area contributed by atoms with Crippen molar-refractivity contribution in [2.75, 3.05) is 27.7 Å². The minimum atomic E-state index is 1.08. The third-order valence-corrected chi connectivity index (χ3v) is 1.82. The molecular formula is C11H24N+. The van der Waals surface area contributed by atoms with Crippen molar-refractivity contribution in [3.05, 3.63) is 12.2 Å². The summed E-state index contributed by atoms with van der Waals surface area (Å²) in [5.41, 5.74) is 0. The lowest BCUT2D eigenvalue weighted by molar-refractivity contribution is -0.870. The van der Waals surface area contributed by atoms with Gasteiger partial charge in [-0.1, -0.05) is 25.5 Å². The summed E-state index contributed by atoms with van der Waals surface area (Å²) in [6, 6.07) is 0. The van der Waals surface area contributed by atoms with Gasteiger partial charge in [0.15, 0.2) is 0 Å². The van der Waals surface area contributed by atoms with Crippen LogP contribution in [0.25, 0.3) is 0 Å². The molecule has 0 radical (unpaired) electrons. The maximum absolute atomic E-state index is 2.32. The van der Waals surface area contributed by atoms with Crippen LogP contribution in [0.1, 0.15) is 32.6 Å². The Morgan fingerprint density at radius 1 is 1.00 bits per heavy atom. The Balaban J connectivity index is 3.21. The van der Waals surface area contributed by atoms with Crippen molar-refractivity contribution < 1.29 is 4.48 Å². The number of nitrogens with zero attached hydrogens (tertiary/aromatic N) is 1. The van der Waals surface area contributed by atoms with Gasteiger partial charge in [0.1, 0.15) is 0 Å². The lowest BCUT2D eigenvalue weighted by Gasteiger charge is -2.23. The highest BCUT2D eigenvalue weighted by molar-refractivity contribution is 4.80. The molecule has 0 aromatic carbocycles. The van der Waals surface area contributed by atoms with Crippen molar-refractivity contribution in [3.63, 3.8) is 0 Å². The Labute approximate surface area is 77.7 Å². The monoisotopic (exact) mass is 170 g/mol. The first-order valence-electron chi connectivity index (χ1n) is 5.01. The highest BCUT2D eigenvalue weighted by atomic mass is 15.3. The number of unbranched alkanes of at least 4 members (excludes halogenated alkanes) is 2. The van der Waals surface area contributed by atoms with Crippen LogP contribution < -0.4 is 0 Å². The number of allylic oxidation sites excluding steroid dienone is 2. The largest absolute Gasteiger partial charge is 0.331 e. The standard InChI is InChI=1S/C11H24N/c1-5-6-7-8-9-10-11-12(2,3)4/h7-8H,5-6,9-11H2,1-4H3/q+1. The van der Waals surface area contributed by atoms with Crippen molar-refractivity contribution in [2.45, 2.75) is 32.6 Å². The Bertz CT molecular complexity index is 119. The zero-order valence-corrected chi connectivity index (χ0v) is 9.14. The number of rotatable bonds is 6. The fraction of sp³-hybridized carbons (Fsp3) is 0.818. The average molecular weight is 170 g/mol. The molecular weight excluding hydrogens is 146 g/mol. The molecule has 0 unspecified atom stereocenters. The molecule has 0 N–H and O–H groups in total. The van der Waals surface area contributed by atoms with Crippen LogP contribution in [0.3, 0.4) is 0 Å². The molecule has 1 nitrogen and oxygen atoms in total. The summed E-state index contributed by atoms with van der Waals surface area (Å²) >= 11 is 0. The van der Waals surface area contributed by atoms with Crippen LogP contribution in [-0.2, 0) is 0 Å². The molecule has 0 aromatic rings. The minimum Gasteiger partial charge on any atom is -0.331 e. The van der Waals surface area contributed by atoms with Gasteiger partial charge in [-0.05, 0) is 19.3 Å². The van der Waals surface area contributed by atoms with Crippen molar-refractivity contribution in [1.82, 2.24) is 0 Å². The first-order chi connectivity index (χ1) is 5.56. The van der Waals surface area contributed by atoms with Gasteiger partial charge in [-0.2, -0.15) is 0 Å². The van der Waals surface area contributed by atoms with Crippen molar-refractivity contribution in [3.8, 4) is 0 Å². The second kappa shape index (κ2) is 6.24. The SMILES string of the molecule is CCCC=CCCC[N+](C)(C)C. The van der Waals surface area contributed by atoms with E-state index in [1.807, 2.05) is 0 Å². The number of hydrogen-bond acceptors (Lipinski definition) is 0. The van der Waals surface area contributed by atoms with Crippen molar-refractivity contribution in [2.24, 2.45) is 0 Å². The van der Waals surface area contributed by atoms with Gasteiger partial charge in [0.05, 0.1) is 27.7 Å². The number of hydrogen-bond donors (Lipinski definition) is 0. The van der Waals surface area contributed by atoms with E-state index >= 15 is 0 Å². The summed E-state index contributed by atoms with van der Waals surface area (Å²) in [7, 11) is 6.74. The Kier molecular flexibility index (Phi) is 6.09. The van der Waals surface area contributed by atoms with E-state index in [-0.39, 0.29) is 0 Å².